The Morgan fingerprint density at radius 2 is 1.94 bits per heavy atom. The number of hydrogen-bond donors (Lipinski definition) is 3. The van der Waals surface area contributed by atoms with Crippen LogP contribution in [0.1, 0.15) is 23.1 Å². The van der Waals surface area contributed by atoms with E-state index >= 15 is 0 Å². The molecular weight excluding hydrogens is 234 g/mol. The van der Waals surface area contributed by atoms with Crippen molar-refractivity contribution in [1.29, 1.82) is 0 Å². The highest BCUT2D eigenvalue weighted by Gasteiger charge is 2.15. The molecule has 0 bridgehead atoms. The zero-order valence-electron chi connectivity index (χ0n) is 10.2. The molecule has 0 aliphatic carbocycles. The number of hydrogen-bond acceptors (Lipinski definition) is 6. The summed E-state index contributed by atoms with van der Waals surface area (Å²) in [7, 11) is 0. The summed E-state index contributed by atoms with van der Waals surface area (Å²) in [6.07, 6.45) is 0. The lowest BCUT2D eigenvalue weighted by Crippen LogP contribution is -2.14. The standard InChI is InChI=1S/C12H15N3O3/c1-6-3-8(4-7(2)10(6)17)11-14-12(18-15-11)9(13)5-16/h3-4,9,16-17H,5,13H2,1-2H3. The average molecular weight is 249 g/mol. The van der Waals surface area contributed by atoms with Gasteiger partial charge in [0.2, 0.25) is 11.7 Å². The summed E-state index contributed by atoms with van der Waals surface area (Å²) in [5.41, 5.74) is 7.80. The summed E-state index contributed by atoms with van der Waals surface area (Å²) in [5.74, 6) is 0.838. The fourth-order valence-corrected chi connectivity index (χ4v) is 1.67. The molecule has 1 heterocycles. The molecule has 0 radical (unpaired) electrons. The Labute approximate surface area is 104 Å². The Kier molecular flexibility index (Phi) is 3.31. The topological polar surface area (TPSA) is 105 Å². The van der Waals surface area contributed by atoms with Crippen LogP contribution in [0.25, 0.3) is 11.4 Å². The first-order valence-electron chi connectivity index (χ1n) is 5.53. The number of aliphatic hydroxyl groups is 1. The molecule has 6 heteroatoms. The molecule has 1 atom stereocenters. The Morgan fingerprint density at radius 3 is 2.50 bits per heavy atom. The van der Waals surface area contributed by atoms with Gasteiger partial charge in [0, 0.05) is 5.56 Å². The van der Waals surface area contributed by atoms with Crippen molar-refractivity contribution < 1.29 is 14.7 Å². The lowest BCUT2D eigenvalue weighted by Gasteiger charge is -2.04. The lowest BCUT2D eigenvalue weighted by atomic mass is 10.1. The molecule has 0 fully saturated rings. The van der Waals surface area contributed by atoms with Crippen molar-refractivity contribution in [2.45, 2.75) is 19.9 Å². The van der Waals surface area contributed by atoms with Crippen LogP contribution < -0.4 is 5.73 Å². The second kappa shape index (κ2) is 4.75. The fourth-order valence-electron chi connectivity index (χ4n) is 1.67. The van der Waals surface area contributed by atoms with Gasteiger partial charge in [0.05, 0.1) is 6.61 Å². The predicted octanol–water partition coefficient (Wildman–Crippen LogP) is 1.05. The number of phenols is 1. The van der Waals surface area contributed by atoms with E-state index < -0.39 is 6.04 Å². The first-order valence-corrected chi connectivity index (χ1v) is 5.53. The van der Waals surface area contributed by atoms with Crippen molar-refractivity contribution in [2.24, 2.45) is 5.73 Å². The third-order valence-corrected chi connectivity index (χ3v) is 2.70. The highest BCUT2D eigenvalue weighted by Crippen LogP contribution is 2.27. The van der Waals surface area contributed by atoms with Gasteiger partial charge in [-0.15, -0.1) is 0 Å². The molecular formula is C12H15N3O3. The van der Waals surface area contributed by atoms with Gasteiger partial charge in [0.25, 0.3) is 0 Å². The van der Waals surface area contributed by atoms with Crippen molar-refractivity contribution in [2.75, 3.05) is 6.61 Å². The van der Waals surface area contributed by atoms with Gasteiger partial charge in [-0.2, -0.15) is 4.98 Å². The van der Waals surface area contributed by atoms with Crippen LogP contribution >= 0.6 is 0 Å². The normalized spacial score (nSPS) is 12.7. The van der Waals surface area contributed by atoms with Crippen LogP contribution in [0.2, 0.25) is 0 Å². The fraction of sp³-hybridized carbons (Fsp3) is 0.333. The predicted molar refractivity (Wildman–Crippen MR) is 64.9 cm³/mol. The molecule has 0 aliphatic heterocycles. The van der Waals surface area contributed by atoms with Gasteiger partial charge in [-0.3, -0.25) is 0 Å². The van der Waals surface area contributed by atoms with Crippen LogP contribution in [0.15, 0.2) is 16.7 Å². The number of phenolic OH excluding ortho intramolecular Hbond substituents is 1. The molecule has 6 nitrogen and oxygen atoms in total. The highest BCUT2D eigenvalue weighted by atomic mass is 16.5. The SMILES string of the molecule is Cc1cc(-c2noc(C(N)CO)n2)cc(C)c1O. The quantitative estimate of drug-likeness (QED) is 0.750. The third kappa shape index (κ3) is 2.20. The molecule has 1 aromatic heterocycles. The zero-order chi connectivity index (χ0) is 13.3. The molecule has 4 N–H and O–H groups in total. The van der Waals surface area contributed by atoms with Crippen molar-refractivity contribution in [1.82, 2.24) is 10.1 Å². The Morgan fingerprint density at radius 1 is 1.33 bits per heavy atom. The summed E-state index contributed by atoms with van der Waals surface area (Å²) in [5, 5.41) is 22.4. The zero-order valence-corrected chi connectivity index (χ0v) is 10.2. The van der Waals surface area contributed by atoms with E-state index in [1.807, 2.05) is 0 Å². The van der Waals surface area contributed by atoms with E-state index in [0.717, 1.165) is 16.7 Å². The number of aromatic hydroxyl groups is 1. The number of aromatic nitrogens is 2. The smallest absolute Gasteiger partial charge is 0.246 e. The molecule has 0 amide bonds. The number of rotatable bonds is 3. The minimum Gasteiger partial charge on any atom is -0.507 e. The maximum atomic E-state index is 9.69. The summed E-state index contributed by atoms with van der Waals surface area (Å²) in [6.45, 7) is 3.34. The van der Waals surface area contributed by atoms with E-state index in [2.05, 4.69) is 10.1 Å². The van der Waals surface area contributed by atoms with Crippen molar-refractivity contribution >= 4 is 0 Å². The summed E-state index contributed by atoms with van der Waals surface area (Å²) < 4.78 is 4.97. The van der Waals surface area contributed by atoms with Crippen molar-refractivity contribution in [3.63, 3.8) is 0 Å². The minimum absolute atomic E-state index is 0.191. The first-order chi connectivity index (χ1) is 8.52. The second-order valence-electron chi connectivity index (χ2n) is 4.20. The van der Waals surface area contributed by atoms with Crippen molar-refractivity contribution in [3.05, 3.63) is 29.2 Å². The van der Waals surface area contributed by atoms with E-state index in [9.17, 15) is 5.11 Å². The molecule has 96 valence electrons. The molecule has 2 aromatic rings. The summed E-state index contributed by atoms with van der Waals surface area (Å²) >= 11 is 0. The number of aryl methyl sites for hydroxylation is 2. The van der Waals surface area contributed by atoms with Crippen LogP contribution in [0.4, 0.5) is 0 Å². The molecule has 0 saturated carbocycles. The molecule has 2 rings (SSSR count). The van der Waals surface area contributed by atoms with Gasteiger partial charge < -0.3 is 20.5 Å². The van der Waals surface area contributed by atoms with Crippen LogP contribution in [0.5, 0.6) is 5.75 Å². The Hall–Kier alpha value is -1.92. The third-order valence-electron chi connectivity index (χ3n) is 2.70. The highest BCUT2D eigenvalue weighted by molar-refractivity contribution is 5.60. The van der Waals surface area contributed by atoms with Gasteiger partial charge in [-0.25, -0.2) is 0 Å². The Bertz CT molecular complexity index is 542. The van der Waals surface area contributed by atoms with Crippen LogP contribution in [0, 0.1) is 13.8 Å². The van der Waals surface area contributed by atoms with E-state index in [1.54, 1.807) is 26.0 Å². The van der Waals surface area contributed by atoms with Crippen LogP contribution in [-0.2, 0) is 0 Å². The van der Waals surface area contributed by atoms with Gasteiger partial charge in [0.15, 0.2) is 0 Å². The van der Waals surface area contributed by atoms with Gasteiger partial charge in [-0.1, -0.05) is 5.16 Å². The summed E-state index contributed by atoms with van der Waals surface area (Å²) in [6, 6.07) is 2.86. The van der Waals surface area contributed by atoms with Gasteiger partial charge in [-0.05, 0) is 37.1 Å². The molecule has 0 saturated heterocycles. The molecule has 0 spiro atoms. The minimum atomic E-state index is -0.675. The van der Waals surface area contributed by atoms with Gasteiger partial charge >= 0.3 is 0 Å². The number of nitrogens with two attached hydrogens (primary N) is 1. The largest absolute Gasteiger partial charge is 0.507 e. The number of benzene rings is 1. The maximum Gasteiger partial charge on any atom is 0.246 e. The number of aliphatic hydroxyl groups excluding tert-OH is 1. The van der Waals surface area contributed by atoms with E-state index in [-0.39, 0.29) is 18.2 Å². The van der Waals surface area contributed by atoms with E-state index in [1.165, 1.54) is 0 Å². The monoisotopic (exact) mass is 249 g/mol. The Balaban J connectivity index is 2.40. The molecule has 18 heavy (non-hydrogen) atoms. The van der Waals surface area contributed by atoms with Gasteiger partial charge in [0.1, 0.15) is 11.8 Å². The van der Waals surface area contributed by atoms with E-state index in [0.29, 0.717) is 5.82 Å². The van der Waals surface area contributed by atoms with Crippen LogP contribution in [-0.4, -0.2) is 27.0 Å². The van der Waals surface area contributed by atoms with Crippen LogP contribution in [0.3, 0.4) is 0 Å². The van der Waals surface area contributed by atoms with Crippen molar-refractivity contribution in [3.8, 4) is 17.1 Å². The average Bonchev–Trinajstić information content (AvgIpc) is 2.84. The summed E-state index contributed by atoms with van der Waals surface area (Å²) in [4.78, 5) is 4.12. The molecule has 1 unspecified atom stereocenters. The van der Waals surface area contributed by atoms with E-state index in [4.69, 9.17) is 15.4 Å². The first kappa shape index (κ1) is 12.5. The second-order valence-corrected chi connectivity index (χ2v) is 4.20. The molecule has 0 aliphatic rings. The number of nitrogens with zero attached hydrogens (tertiary/aromatic N) is 2. The molecule has 1 aromatic carbocycles. The maximum absolute atomic E-state index is 9.69. The lowest BCUT2D eigenvalue weighted by molar-refractivity contribution is 0.237.